The van der Waals surface area contributed by atoms with Gasteiger partial charge in [0.2, 0.25) is 0 Å². The number of ether oxygens (including phenoxy) is 2. The quantitative estimate of drug-likeness (QED) is 0.213. The van der Waals surface area contributed by atoms with Gasteiger partial charge in [-0.25, -0.2) is 0 Å². The fourth-order valence-corrected chi connectivity index (χ4v) is 4.05. The third-order valence-corrected chi connectivity index (χ3v) is 6.22. The van der Waals surface area contributed by atoms with E-state index in [0.717, 1.165) is 21.5 Å². The number of carbonyl (C=O) groups is 4. The normalized spacial score (nSPS) is 10.5. The molecule has 0 saturated carbocycles. The van der Waals surface area contributed by atoms with E-state index in [-0.39, 0.29) is 24.3 Å². The number of rotatable bonds is 8. The second-order valence-corrected chi connectivity index (χ2v) is 9.18. The monoisotopic (exact) mass is 562 g/mol. The number of hydrogen-bond acceptors (Lipinski definition) is 6. The van der Waals surface area contributed by atoms with Gasteiger partial charge in [0, 0.05) is 11.1 Å². The number of fused-ring (bicyclic) bond motifs is 2. The number of hydrazine groups is 2. The van der Waals surface area contributed by atoms with Crippen molar-refractivity contribution in [1.82, 2.24) is 21.7 Å². The molecule has 4 N–H and O–H groups in total. The van der Waals surface area contributed by atoms with Crippen molar-refractivity contribution in [3.63, 3.8) is 0 Å². The molecule has 210 valence electrons. The molecule has 5 aromatic carbocycles. The van der Waals surface area contributed by atoms with E-state index in [4.69, 9.17) is 9.47 Å². The molecular weight excluding hydrogens is 536 g/mol. The Bertz CT molecular complexity index is 1640. The molecule has 0 aliphatic heterocycles. The van der Waals surface area contributed by atoms with Crippen molar-refractivity contribution >= 4 is 45.2 Å². The Morgan fingerprint density at radius 2 is 0.833 bits per heavy atom. The Kier molecular flexibility index (Phi) is 8.54. The first-order valence-corrected chi connectivity index (χ1v) is 13.0. The molecule has 0 unspecified atom stereocenters. The highest BCUT2D eigenvalue weighted by Gasteiger charge is 2.12. The molecule has 0 saturated heterocycles. The summed E-state index contributed by atoms with van der Waals surface area (Å²) < 4.78 is 11.0. The Balaban J connectivity index is 1.02. The fourth-order valence-electron chi connectivity index (χ4n) is 4.05. The molecule has 10 heteroatoms. The standard InChI is InChI=1S/C32H26N4O6/c37-29(19-41-27-15-13-21-5-1-3-7-25(21)17-27)33-35-31(39)23-9-11-24(12-10-23)32(40)36-34-30(38)20-42-28-16-14-22-6-2-4-8-26(22)18-28/h1-18H,19-20H2,(H,33,37)(H,34,38)(H,35,39)(H,36,40). The highest BCUT2D eigenvalue weighted by atomic mass is 16.5. The molecule has 5 aromatic rings. The van der Waals surface area contributed by atoms with Crippen LogP contribution in [-0.2, 0) is 9.59 Å². The lowest BCUT2D eigenvalue weighted by molar-refractivity contribution is -0.124. The molecule has 0 aliphatic rings. The zero-order valence-corrected chi connectivity index (χ0v) is 22.3. The Morgan fingerprint density at radius 3 is 1.24 bits per heavy atom. The largest absolute Gasteiger partial charge is 0.484 e. The molecule has 0 aliphatic carbocycles. The van der Waals surface area contributed by atoms with Gasteiger partial charge in [-0.3, -0.25) is 40.9 Å². The molecule has 4 amide bonds. The van der Waals surface area contributed by atoms with Gasteiger partial charge in [-0.2, -0.15) is 0 Å². The van der Waals surface area contributed by atoms with Crippen LogP contribution in [0.4, 0.5) is 0 Å². The van der Waals surface area contributed by atoms with Gasteiger partial charge in [0.15, 0.2) is 13.2 Å². The molecule has 0 radical (unpaired) electrons. The third-order valence-electron chi connectivity index (χ3n) is 6.22. The van der Waals surface area contributed by atoms with Crippen LogP contribution in [0.25, 0.3) is 21.5 Å². The highest BCUT2D eigenvalue weighted by molar-refractivity contribution is 5.99. The van der Waals surface area contributed by atoms with Crippen LogP contribution in [0, 0.1) is 0 Å². The van der Waals surface area contributed by atoms with Gasteiger partial charge in [0.05, 0.1) is 0 Å². The molecule has 0 atom stereocenters. The summed E-state index contributed by atoms with van der Waals surface area (Å²) in [6, 6.07) is 32.1. The van der Waals surface area contributed by atoms with Crippen LogP contribution < -0.4 is 31.2 Å². The predicted octanol–water partition coefficient (Wildman–Crippen LogP) is 3.67. The maximum atomic E-state index is 12.4. The van der Waals surface area contributed by atoms with Gasteiger partial charge in [-0.15, -0.1) is 0 Å². The molecular formula is C32H26N4O6. The van der Waals surface area contributed by atoms with Crippen molar-refractivity contribution in [3.8, 4) is 11.5 Å². The summed E-state index contributed by atoms with van der Waals surface area (Å²) in [5.41, 5.74) is 9.59. The van der Waals surface area contributed by atoms with Crippen LogP contribution in [0.15, 0.2) is 109 Å². The van der Waals surface area contributed by atoms with Gasteiger partial charge >= 0.3 is 0 Å². The summed E-state index contributed by atoms with van der Waals surface area (Å²) in [6.45, 7) is -0.590. The molecule has 0 heterocycles. The average Bonchev–Trinajstić information content (AvgIpc) is 3.04. The second-order valence-electron chi connectivity index (χ2n) is 9.18. The van der Waals surface area contributed by atoms with Gasteiger partial charge < -0.3 is 9.47 Å². The van der Waals surface area contributed by atoms with Crippen molar-refractivity contribution in [3.05, 3.63) is 120 Å². The summed E-state index contributed by atoms with van der Waals surface area (Å²) in [7, 11) is 0. The molecule has 5 rings (SSSR count). The number of benzene rings is 5. The lowest BCUT2D eigenvalue weighted by Crippen LogP contribution is -2.44. The minimum absolute atomic E-state index is 0.204. The van der Waals surface area contributed by atoms with E-state index in [1.165, 1.54) is 24.3 Å². The topological polar surface area (TPSA) is 135 Å². The van der Waals surface area contributed by atoms with E-state index in [1.54, 1.807) is 12.1 Å². The maximum Gasteiger partial charge on any atom is 0.276 e. The zero-order chi connectivity index (χ0) is 29.3. The van der Waals surface area contributed by atoms with Crippen LogP contribution in [0.1, 0.15) is 20.7 Å². The summed E-state index contributed by atoms with van der Waals surface area (Å²) >= 11 is 0. The van der Waals surface area contributed by atoms with Crippen LogP contribution in [0.3, 0.4) is 0 Å². The van der Waals surface area contributed by atoms with Crippen LogP contribution in [0.2, 0.25) is 0 Å². The van der Waals surface area contributed by atoms with Gasteiger partial charge in [-0.1, -0.05) is 60.7 Å². The van der Waals surface area contributed by atoms with Gasteiger partial charge in [-0.05, 0) is 70.1 Å². The van der Waals surface area contributed by atoms with Gasteiger partial charge in [0.1, 0.15) is 11.5 Å². The van der Waals surface area contributed by atoms with Crippen LogP contribution >= 0.6 is 0 Å². The fraction of sp³-hybridized carbons (Fsp3) is 0.0625. The van der Waals surface area contributed by atoms with E-state index in [0.29, 0.717) is 11.5 Å². The van der Waals surface area contributed by atoms with E-state index >= 15 is 0 Å². The maximum absolute atomic E-state index is 12.4. The van der Waals surface area contributed by atoms with E-state index in [9.17, 15) is 19.2 Å². The van der Waals surface area contributed by atoms with Crippen molar-refractivity contribution in [2.24, 2.45) is 0 Å². The molecule has 0 spiro atoms. The van der Waals surface area contributed by atoms with Crippen molar-refractivity contribution in [2.75, 3.05) is 13.2 Å². The molecule has 42 heavy (non-hydrogen) atoms. The number of hydrogen-bond donors (Lipinski definition) is 4. The minimum atomic E-state index is -0.583. The lowest BCUT2D eigenvalue weighted by Gasteiger charge is -2.11. The van der Waals surface area contributed by atoms with Crippen LogP contribution in [-0.4, -0.2) is 36.8 Å². The SMILES string of the molecule is O=C(COc1ccc2ccccc2c1)NNC(=O)c1ccc(C(=O)NNC(=O)COc2ccc3ccccc3c2)cc1. The van der Waals surface area contributed by atoms with E-state index in [2.05, 4.69) is 21.7 Å². The van der Waals surface area contributed by atoms with Crippen molar-refractivity contribution in [1.29, 1.82) is 0 Å². The smallest absolute Gasteiger partial charge is 0.276 e. The van der Waals surface area contributed by atoms with Gasteiger partial charge in [0.25, 0.3) is 23.6 Å². The minimum Gasteiger partial charge on any atom is -0.484 e. The Hall–Kier alpha value is -5.90. The summed E-state index contributed by atoms with van der Waals surface area (Å²) in [4.78, 5) is 49.0. The second kappa shape index (κ2) is 13.0. The molecule has 0 fully saturated rings. The molecule has 10 nitrogen and oxygen atoms in total. The Morgan fingerprint density at radius 1 is 0.452 bits per heavy atom. The number of nitrogens with one attached hydrogen (secondary N) is 4. The van der Waals surface area contributed by atoms with E-state index in [1.807, 2.05) is 72.8 Å². The molecule has 0 bridgehead atoms. The first kappa shape index (κ1) is 27.7. The first-order chi connectivity index (χ1) is 20.4. The first-order valence-electron chi connectivity index (χ1n) is 13.0. The molecule has 0 aromatic heterocycles. The summed E-state index contributed by atoms with van der Waals surface area (Å²) in [5.74, 6) is -1.21. The van der Waals surface area contributed by atoms with Crippen molar-refractivity contribution in [2.45, 2.75) is 0 Å². The Labute approximate surface area is 240 Å². The summed E-state index contributed by atoms with van der Waals surface area (Å²) in [5, 5.41) is 4.07. The number of carbonyl (C=O) groups excluding carboxylic acids is 4. The highest BCUT2D eigenvalue weighted by Crippen LogP contribution is 2.21. The predicted molar refractivity (Wildman–Crippen MR) is 157 cm³/mol. The van der Waals surface area contributed by atoms with Crippen LogP contribution in [0.5, 0.6) is 11.5 Å². The lowest BCUT2D eigenvalue weighted by atomic mass is 10.1. The summed E-state index contributed by atoms with van der Waals surface area (Å²) in [6.07, 6.45) is 0. The third kappa shape index (κ3) is 7.19. The number of amides is 4. The average molecular weight is 563 g/mol. The zero-order valence-electron chi connectivity index (χ0n) is 22.3. The van der Waals surface area contributed by atoms with E-state index < -0.39 is 23.6 Å². The van der Waals surface area contributed by atoms with Crippen molar-refractivity contribution < 1.29 is 28.7 Å².